The number of rotatable bonds is 7. The molecule has 2 N–H and O–H groups in total. The molecule has 0 saturated carbocycles. The number of likely N-dealkylation sites (N-methyl/N-ethyl adjacent to an activating group) is 1. The van der Waals surface area contributed by atoms with Crippen molar-refractivity contribution in [1.82, 2.24) is 9.62 Å². The largest absolute Gasteiger partial charge is 0.480 e. The maximum atomic E-state index is 12.8. The molecule has 0 aromatic heterocycles. The van der Waals surface area contributed by atoms with Crippen LogP contribution in [0.2, 0.25) is 0 Å². The summed E-state index contributed by atoms with van der Waals surface area (Å²) in [5.41, 5.74) is 4.39. The molecule has 2 aromatic carbocycles. The van der Waals surface area contributed by atoms with E-state index in [1.54, 1.807) is 13.8 Å². The predicted octanol–water partition coefficient (Wildman–Crippen LogP) is 3.88. The van der Waals surface area contributed by atoms with Crippen molar-refractivity contribution in [2.45, 2.75) is 37.5 Å². The van der Waals surface area contributed by atoms with Crippen molar-refractivity contribution >= 4 is 29.9 Å². The van der Waals surface area contributed by atoms with Crippen LogP contribution in [0.4, 0.5) is 4.79 Å². The van der Waals surface area contributed by atoms with Crippen molar-refractivity contribution in [1.29, 1.82) is 0 Å². The van der Waals surface area contributed by atoms with Crippen molar-refractivity contribution in [2.24, 2.45) is 0 Å². The third-order valence-electron chi connectivity index (χ3n) is 5.36. The molecule has 7 nitrogen and oxygen atoms in total. The summed E-state index contributed by atoms with van der Waals surface area (Å²) in [5, 5.41) is 9.76. The van der Waals surface area contributed by atoms with Gasteiger partial charge in [-0.2, -0.15) is 0 Å². The minimum Gasteiger partial charge on any atom is -0.480 e. The van der Waals surface area contributed by atoms with E-state index in [9.17, 15) is 19.5 Å². The van der Waals surface area contributed by atoms with Crippen LogP contribution in [0.25, 0.3) is 11.1 Å². The Hall–Kier alpha value is -3.00. The lowest BCUT2D eigenvalue weighted by molar-refractivity contribution is -0.143. The van der Waals surface area contributed by atoms with Crippen LogP contribution in [0, 0.1) is 0 Å². The van der Waals surface area contributed by atoms with Gasteiger partial charge in [0.15, 0.2) is 0 Å². The van der Waals surface area contributed by atoms with E-state index in [2.05, 4.69) is 4.72 Å². The monoisotopic (exact) mass is 442 g/mol. The molecule has 2 amide bonds. The highest BCUT2D eigenvalue weighted by atomic mass is 32.2. The van der Waals surface area contributed by atoms with Gasteiger partial charge in [0.1, 0.15) is 12.6 Å². The van der Waals surface area contributed by atoms with E-state index in [0.29, 0.717) is 0 Å². The van der Waals surface area contributed by atoms with Gasteiger partial charge < -0.3 is 9.84 Å². The second-order valence-electron chi connectivity index (χ2n) is 8.02. The van der Waals surface area contributed by atoms with Crippen LogP contribution < -0.4 is 4.72 Å². The molecule has 8 heteroatoms. The fourth-order valence-corrected chi connectivity index (χ4v) is 4.77. The van der Waals surface area contributed by atoms with Crippen molar-refractivity contribution in [3.63, 3.8) is 0 Å². The van der Waals surface area contributed by atoms with Gasteiger partial charge in [0.05, 0.1) is 4.75 Å². The number of carbonyl (C=O) groups excluding carboxylic acids is 2. The Morgan fingerprint density at radius 1 is 1.10 bits per heavy atom. The summed E-state index contributed by atoms with van der Waals surface area (Å²) >= 11 is 0.964. The van der Waals surface area contributed by atoms with Crippen LogP contribution in [0.5, 0.6) is 0 Å². The van der Waals surface area contributed by atoms with E-state index in [-0.39, 0.29) is 18.4 Å². The molecule has 2 aromatic rings. The molecule has 31 heavy (non-hydrogen) atoms. The first-order valence-electron chi connectivity index (χ1n) is 9.88. The van der Waals surface area contributed by atoms with Crippen LogP contribution in [-0.4, -0.2) is 52.4 Å². The molecule has 0 saturated heterocycles. The van der Waals surface area contributed by atoms with Gasteiger partial charge in [0.2, 0.25) is 5.91 Å². The highest BCUT2D eigenvalue weighted by Gasteiger charge is 2.42. The fraction of sp³-hybridized carbons (Fsp3) is 0.348. The molecule has 0 fully saturated rings. The third kappa shape index (κ3) is 4.69. The molecule has 0 aliphatic heterocycles. The molecule has 0 radical (unpaired) electrons. The quantitative estimate of drug-likeness (QED) is 0.632. The molecule has 1 aliphatic carbocycles. The number of amides is 2. The zero-order valence-electron chi connectivity index (χ0n) is 17.9. The van der Waals surface area contributed by atoms with Crippen LogP contribution >= 0.6 is 11.9 Å². The SMILES string of the molecule is CC(=O)NSC(C)(C)[C@H](C(=O)O)N(C)C(=O)OCC1c2ccccc2-c2ccccc21. The van der Waals surface area contributed by atoms with Crippen molar-refractivity contribution < 1.29 is 24.2 Å². The van der Waals surface area contributed by atoms with Crippen molar-refractivity contribution in [3.8, 4) is 11.1 Å². The van der Waals surface area contributed by atoms with Gasteiger partial charge in [-0.05, 0) is 48.0 Å². The van der Waals surface area contributed by atoms with Gasteiger partial charge in [0.25, 0.3) is 0 Å². The zero-order chi connectivity index (χ0) is 22.8. The molecule has 1 atom stereocenters. The standard InChI is InChI=1S/C23H26N2O5S/c1-14(26)24-31-23(2,3)20(21(27)28)25(4)22(29)30-13-19-17-11-7-5-9-15(17)16-10-6-8-12-18(16)19/h5-12,19-20H,13H2,1-4H3,(H,24,26)(H,27,28)/t20-/m0/s1. The van der Waals surface area contributed by atoms with Gasteiger partial charge in [-0.15, -0.1) is 0 Å². The Bertz CT molecular complexity index is 961. The van der Waals surface area contributed by atoms with Gasteiger partial charge >= 0.3 is 12.1 Å². The van der Waals surface area contributed by atoms with Crippen LogP contribution in [0.1, 0.15) is 37.8 Å². The predicted molar refractivity (Wildman–Crippen MR) is 120 cm³/mol. The zero-order valence-corrected chi connectivity index (χ0v) is 18.7. The molecule has 3 rings (SSSR count). The molecular formula is C23H26N2O5S. The Labute approximate surface area is 185 Å². The van der Waals surface area contributed by atoms with Crippen molar-refractivity contribution in [3.05, 3.63) is 59.7 Å². The summed E-state index contributed by atoms with van der Waals surface area (Å²) in [6.45, 7) is 4.75. The number of hydrogen-bond donors (Lipinski definition) is 2. The number of carbonyl (C=O) groups is 3. The van der Waals surface area contributed by atoms with Gasteiger partial charge in [-0.1, -0.05) is 48.5 Å². The first-order valence-corrected chi connectivity index (χ1v) is 10.7. The molecule has 164 valence electrons. The van der Waals surface area contributed by atoms with E-state index in [1.165, 1.54) is 14.0 Å². The summed E-state index contributed by atoms with van der Waals surface area (Å²) in [5.74, 6) is -1.60. The van der Waals surface area contributed by atoms with Crippen LogP contribution in [0.3, 0.4) is 0 Å². The number of nitrogens with one attached hydrogen (secondary N) is 1. The number of carboxylic acids is 1. The maximum Gasteiger partial charge on any atom is 0.410 e. The summed E-state index contributed by atoms with van der Waals surface area (Å²) in [6.07, 6.45) is -0.731. The van der Waals surface area contributed by atoms with E-state index in [1.807, 2.05) is 48.5 Å². The lowest BCUT2D eigenvalue weighted by atomic mass is 9.98. The molecular weight excluding hydrogens is 416 g/mol. The van der Waals surface area contributed by atoms with E-state index < -0.39 is 22.9 Å². The number of aliphatic carboxylic acids is 1. The summed E-state index contributed by atoms with van der Waals surface area (Å²) in [4.78, 5) is 37.1. The number of benzene rings is 2. The molecule has 1 aliphatic rings. The summed E-state index contributed by atoms with van der Waals surface area (Å²) in [6, 6.07) is 14.8. The van der Waals surface area contributed by atoms with E-state index >= 15 is 0 Å². The molecule has 0 heterocycles. The first-order chi connectivity index (χ1) is 14.6. The molecule has 0 bridgehead atoms. The molecule has 0 spiro atoms. The van der Waals surface area contributed by atoms with Crippen molar-refractivity contribution in [2.75, 3.05) is 13.7 Å². The number of carboxylic acid groups (broad SMARTS) is 1. The number of fused-ring (bicyclic) bond motifs is 3. The maximum absolute atomic E-state index is 12.8. The summed E-state index contributed by atoms with van der Waals surface area (Å²) in [7, 11) is 1.40. The summed E-state index contributed by atoms with van der Waals surface area (Å²) < 4.78 is 7.14. The Morgan fingerprint density at radius 2 is 1.61 bits per heavy atom. The van der Waals surface area contributed by atoms with Crippen LogP contribution in [0.15, 0.2) is 48.5 Å². The lowest BCUT2D eigenvalue weighted by Crippen LogP contribution is -2.54. The average molecular weight is 443 g/mol. The second kappa shape index (κ2) is 9.01. The topological polar surface area (TPSA) is 95.9 Å². The highest BCUT2D eigenvalue weighted by Crippen LogP contribution is 2.44. The highest BCUT2D eigenvalue weighted by molar-refractivity contribution is 7.99. The Morgan fingerprint density at radius 3 is 2.10 bits per heavy atom. The number of nitrogens with zero attached hydrogens (tertiary/aromatic N) is 1. The van der Waals surface area contributed by atoms with Gasteiger partial charge in [-0.3, -0.25) is 14.4 Å². The van der Waals surface area contributed by atoms with Gasteiger partial charge in [-0.25, -0.2) is 9.59 Å². The van der Waals surface area contributed by atoms with E-state index in [0.717, 1.165) is 39.1 Å². The average Bonchev–Trinajstić information content (AvgIpc) is 3.04. The van der Waals surface area contributed by atoms with Crippen LogP contribution in [-0.2, 0) is 14.3 Å². The molecule has 0 unspecified atom stereocenters. The fourth-order valence-electron chi connectivity index (χ4n) is 3.99. The minimum absolute atomic E-state index is 0.100. The van der Waals surface area contributed by atoms with E-state index in [4.69, 9.17) is 4.74 Å². The normalized spacial score (nSPS) is 13.7. The third-order valence-corrected chi connectivity index (χ3v) is 6.50. The lowest BCUT2D eigenvalue weighted by Gasteiger charge is -2.36. The smallest absolute Gasteiger partial charge is 0.410 e. The second-order valence-corrected chi connectivity index (χ2v) is 9.48. The number of hydrogen-bond acceptors (Lipinski definition) is 5. The van der Waals surface area contributed by atoms with Gasteiger partial charge in [0, 0.05) is 19.9 Å². The Kier molecular flexibility index (Phi) is 6.59. The minimum atomic E-state index is -1.21. The Balaban J connectivity index is 1.75. The number of ether oxygens (including phenoxy) is 1. The first kappa shape index (κ1) is 22.7.